The van der Waals surface area contributed by atoms with E-state index in [0.29, 0.717) is 38.4 Å². The molecule has 2 amide bonds. The molecular formula is C21H25N7O3. The molecule has 1 aliphatic heterocycles. The molecular weight excluding hydrogens is 398 g/mol. The van der Waals surface area contributed by atoms with Gasteiger partial charge >= 0.3 is 0 Å². The zero-order valence-electron chi connectivity index (χ0n) is 17.6. The number of aromatic nitrogens is 5. The highest BCUT2D eigenvalue weighted by Gasteiger charge is 2.31. The van der Waals surface area contributed by atoms with Crippen molar-refractivity contribution in [1.29, 1.82) is 0 Å². The fraction of sp³-hybridized carbons (Fsp3) is 0.381. The summed E-state index contributed by atoms with van der Waals surface area (Å²) in [6, 6.07) is 11.0. The minimum atomic E-state index is -0.678. The van der Waals surface area contributed by atoms with Crippen LogP contribution in [0.3, 0.4) is 0 Å². The molecule has 0 bridgehead atoms. The van der Waals surface area contributed by atoms with Crippen LogP contribution in [-0.2, 0) is 29.0 Å². The zero-order chi connectivity index (χ0) is 21.8. The highest BCUT2D eigenvalue weighted by molar-refractivity contribution is 6.00. The lowest BCUT2D eigenvalue weighted by Gasteiger charge is -2.19. The number of hydrogen-bond donors (Lipinski definition) is 1. The molecule has 3 heterocycles. The number of fused-ring (bicyclic) bond motifs is 1. The van der Waals surface area contributed by atoms with E-state index in [0.717, 1.165) is 11.3 Å². The standard InChI is InChI=1S/C21H25N7O3/c1-26-18-12-16(9-11-31-2)24-28(18)10-8-17(21(26)30)23-20(29)19-22-14-27(25-19)13-15-6-4-3-5-7-15/h3-7,12,14,17H,8-11,13H2,1-2H3,(H,23,29). The Bertz CT molecular complexity index is 1060. The number of benzene rings is 1. The van der Waals surface area contributed by atoms with Gasteiger partial charge in [0.25, 0.3) is 11.8 Å². The molecule has 10 heteroatoms. The summed E-state index contributed by atoms with van der Waals surface area (Å²) in [5.41, 5.74) is 1.92. The second-order valence-electron chi connectivity index (χ2n) is 7.42. The first-order chi connectivity index (χ1) is 15.0. The third-order valence-corrected chi connectivity index (χ3v) is 5.21. The predicted molar refractivity (Wildman–Crippen MR) is 113 cm³/mol. The van der Waals surface area contributed by atoms with Gasteiger partial charge in [-0.1, -0.05) is 30.3 Å². The first kappa shape index (κ1) is 20.7. The number of amides is 2. The van der Waals surface area contributed by atoms with Crippen LogP contribution in [0.4, 0.5) is 5.82 Å². The lowest BCUT2D eigenvalue weighted by molar-refractivity contribution is -0.120. The van der Waals surface area contributed by atoms with Crippen molar-refractivity contribution in [1.82, 2.24) is 29.9 Å². The number of likely N-dealkylation sites (N-methyl/N-ethyl adjacent to an activating group) is 1. The van der Waals surface area contributed by atoms with E-state index in [9.17, 15) is 9.59 Å². The van der Waals surface area contributed by atoms with Crippen LogP contribution in [0.2, 0.25) is 0 Å². The van der Waals surface area contributed by atoms with Crippen LogP contribution in [0, 0.1) is 0 Å². The van der Waals surface area contributed by atoms with E-state index in [2.05, 4.69) is 20.5 Å². The van der Waals surface area contributed by atoms with Crippen molar-refractivity contribution in [3.63, 3.8) is 0 Å². The van der Waals surface area contributed by atoms with Gasteiger partial charge in [0, 0.05) is 33.2 Å². The Morgan fingerprint density at radius 3 is 2.84 bits per heavy atom. The normalized spacial score (nSPS) is 16.1. The second kappa shape index (κ2) is 9.09. The van der Waals surface area contributed by atoms with Crippen LogP contribution in [-0.4, -0.2) is 63.2 Å². The molecule has 0 radical (unpaired) electrons. The summed E-state index contributed by atoms with van der Waals surface area (Å²) in [6.07, 6.45) is 2.62. The minimum Gasteiger partial charge on any atom is -0.384 e. The Morgan fingerprint density at radius 2 is 2.06 bits per heavy atom. The van der Waals surface area contributed by atoms with Gasteiger partial charge in [-0.2, -0.15) is 5.10 Å². The van der Waals surface area contributed by atoms with Crippen molar-refractivity contribution in [2.75, 3.05) is 25.7 Å². The molecule has 31 heavy (non-hydrogen) atoms. The molecule has 4 rings (SSSR count). The van der Waals surface area contributed by atoms with Gasteiger partial charge in [0.1, 0.15) is 18.2 Å². The highest BCUT2D eigenvalue weighted by Crippen LogP contribution is 2.21. The smallest absolute Gasteiger partial charge is 0.291 e. The quantitative estimate of drug-likeness (QED) is 0.605. The van der Waals surface area contributed by atoms with Crippen molar-refractivity contribution in [2.24, 2.45) is 0 Å². The maximum absolute atomic E-state index is 12.9. The average molecular weight is 423 g/mol. The van der Waals surface area contributed by atoms with Gasteiger partial charge in [0.2, 0.25) is 5.82 Å². The van der Waals surface area contributed by atoms with Crippen LogP contribution in [0.1, 0.15) is 28.3 Å². The summed E-state index contributed by atoms with van der Waals surface area (Å²) in [5, 5.41) is 11.6. The van der Waals surface area contributed by atoms with Gasteiger partial charge in [0.15, 0.2) is 0 Å². The first-order valence-corrected chi connectivity index (χ1v) is 10.1. The third-order valence-electron chi connectivity index (χ3n) is 5.21. The fourth-order valence-electron chi connectivity index (χ4n) is 3.55. The number of hydrogen-bond acceptors (Lipinski definition) is 6. The summed E-state index contributed by atoms with van der Waals surface area (Å²) in [5.74, 6) is 0.0706. The topological polar surface area (TPSA) is 107 Å². The highest BCUT2D eigenvalue weighted by atomic mass is 16.5. The van der Waals surface area contributed by atoms with Gasteiger partial charge in [-0.15, -0.1) is 5.10 Å². The molecule has 0 saturated carbocycles. The van der Waals surface area contributed by atoms with Crippen LogP contribution >= 0.6 is 0 Å². The van der Waals surface area contributed by atoms with E-state index in [1.54, 1.807) is 23.5 Å². The number of methoxy groups -OCH3 is 1. The number of ether oxygens (including phenoxy) is 1. The molecule has 0 saturated heterocycles. The van der Waals surface area contributed by atoms with Gasteiger partial charge in [-0.25, -0.2) is 14.3 Å². The number of carbonyl (C=O) groups excluding carboxylic acids is 2. The van der Waals surface area contributed by atoms with Crippen LogP contribution in [0.5, 0.6) is 0 Å². The fourth-order valence-corrected chi connectivity index (χ4v) is 3.55. The molecule has 10 nitrogen and oxygen atoms in total. The van der Waals surface area contributed by atoms with Crippen molar-refractivity contribution in [3.05, 3.63) is 59.8 Å². The number of anilines is 1. The average Bonchev–Trinajstić information content (AvgIpc) is 3.39. The Morgan fingerprint density at radius 1 is 1.26 bits per heavy atom. The van der Waals surface area contributed by atoms with Crippen LogP contribution < -0.4 is 10.2 Å². The van der Waals surface area contributed by atoms with Gasteiger partial charge < -0.3 is 10.1 Å². The molecule has 2 aromatic heterocycles. The second-order valence-corrected chi connectivity index (χ2v) is 7.42. The summed E-state index contributed by atoms with van der Waals surface area (Å²) < 4.78 is 8.49. The number of nitrogens with zero attached hydrogens (tertiary/aromatic N) is 6. The van der Waals surface area contributed by atoms with Crippen molar-refractivity contribution in [3.8, 4) is 0 Å². The third kappa shape index (κ3) is 4.64. The van der Waals surface area contributed by atoms with Crippen molar-refractivity contribution in [2.45, 2.75) is 32.0 Å². The molecule has 0 spiro atoms. The molecule has 1 atom stereocenters. The monoisotopic (exact) mass is 423 g/mol. The SMILES string of the molecule is COCCc1cc2n(n1)CCC(NC(=O)c1ncn(Cc3ccccc3)n1)C(=O)N2C. The van der Waals surface area contributed by atoms with E-state index in [1.807, 2.05) is 36.4 Å². The summed E-state index contributed by atoms with van der Waals surface area (Å²) in [7, 11) is 3.33. The summed E-state index contributed by atoms with van der Waals surface area (Å²) >= 11 is 0. The van der Waals surface area contributed by atoms with Crippen LogP contribution in [0.15, 0.2) is 42.7 Å². The molecule has 0 aliphatic carbocycles. The lowest BCUT2D eigenvalue weighted by Crippen LogP contribution is -2.47. The summed E-state index contributed by atoms with van der Waals surface area (Å²) in [6.45, 7) is 1.59. The molecule has 162 valence electrons. The molecule has 1 N–H and O–H groups in total. The predicted octanol–water partition coefficient (Wildman–Crippen LogP) is 0.877. The lowest BCUT2D eigenvalue weighted by atomic mass is 10.2. The molecule has 1 aromatic carbocycles. The molecule has 1 aliphatic rings. The first-order valence-electron chi connectivity index (χ1n) is 10.1. The van der Waals surface area contributed by atoms with E-state index in [4.69, 9.17) is 4.74 Å². The number of carbonyl (C=O) groups is 2. The number of aryl methyl sites for hydroxylation is 1. The minimum absolute atomic E-state index is 0.0372. The van der Waals surface area contributed by atoms with Gasteiger partial charge in [-0.05, 0) is 12.0 Å². The van der Waals surface area contributed by atoms with E-state index >= 15 is 0 Å². The maximum Gasteiger partial charge on any atom is 0.291 e. The zero-order valence-corrected chi connectivity index (χ0v) is 17.6. The number of nitrogens with one attached hydrogen (secondary N) is 1. The number of rotatable bonds is 7. The Labute approximate surface area is 179 Å². The van der Waals surface area contributed by atoms with Crippen molar-refractivity contribution >= 4 is 17.6 Å². The van der Waals surface area contributed by atoms with Crippen molar-refractivity contribution < 1.29 is 14.3 Å². The van der Waals surface area contributed by atoms with E-state index in [-0.39, 0.29) is 11.7 Å². The molecule has 1 unspecified atom stereocenters. The van der Waals surface area contributed by atoms with E-state index < -0.39 is 11.9 Å². The van der Waals surface area contributed by atoms with Gasteiger partial charge in [-0.3, -0.25) is 14.5 Å². The maximum atomic E-state index is 12.9. The molecule has 3 aromatic rings. The van der Waals surface area contributed by atoms with Crippen LogP contribution in [0.25, 0.3) is 0 Å². The van der Waals surface area contributed by atoms with Gasteiger partial charge in [0.05, 0.1) is 18.8 Å². The molecule has 0 fully saturated rings. The van der Waals surface area contributed by atoms with E-state index in [1.165, 1.54) is 11.2 Å². The largest absolute Gasteiger partial charge is 0.384 e. The Hall–Kier alpha value is -3.53. The summed E-state index contributed by atoms with van der Waals surface area (Å²) in [4.78, 5) is 31.2. The Balaban J connectivity index is 1.41. The Kier molecular flexibility index (Phi) is 6.08.